The molecule has 1 N–H and O–H groups in total. The van der Waals surface area contributed by atoms with Crippen LogP contribution in [0.2, 0.25) is 0 Å². The predicted octanol–water partition coefficient (Wildman–Crippen LogP) is 6.79. The van der Waals surface area contributed by atoms with Crippen LogP contribution in [0.1, 0.15) is 69.8 Å². The van der Waals surface area contributed by atoms with Gasteiger partial charge in [0.15, 0.2) is 0 Å². The smallest absolute Gasteiger partial charge is 0.0346 e. The van der Waals surface area contributed by atoms with Crippen LogP contribution in [0.4, 0.5) is 0 Å². The van der Waals surface area contributed by atoms with E-state index in [1.54, 1.807) is 16.7 Å². The molecule has 2 nitrogen and oxygen atoms in total. The minimum atomic E-state index is 0.394. The number of nitrogens with zero attached hydrogens (tertiary/aromatic N) is 1. The maximum absolute atomic E-state index is 4.37. The van der Waals surface area contributed by atoms with Crippen LogP contribution < -0.4 is 5.32 Å². The first-order valence-corrected chi connectivity index (χ1v) is 12.6. The topological polar surface area (TPSA) is 24.9 Å². The SMILES string of the molecule is CNC1CCC2=CC3=CCC4(C)C(c5ccc6ccncc6c5)CCC4C3CCC2C1. The Hall–Kier alpha value is -1.93. The van der Waals surface area contributed by atoms with Gasteiger partial charge in [0.1, 0.15) is 0 Å². The summed E-state index contributed by atoms with van der Waals surface area (Å²) >= 11 is 0. The van der Waals surface area contributed by atoms with Gasteiger partial charge in [0.05, 0.1) is 0 Å². The normalized spacial score (nSPS) is 37.3. The average Bonchev–Trinajstić information content (AvgIpc) is 3.04. The van der Waals surface area contributed by atoms with Gasteiger partial charge in [-0.25, -0.2) is 0 Å². The number of benzene rings is 1. The van der Waals surface area contributed by atoms with E-state index in [-0.39, 0.29) is 0 Å². The van der Waals surface area contributed by atoms with Crippen LogP contribution in [0, 0.1) is 23.2 Å². The molecule has 0 saturated heterocycles. The molecule has 2 heteroatoms. The molecule has 0 radical (unpaired) electrons. The van der Waals surface area contributed by atoms with E-state index >= 15 is 0 Å². The Balaban J connectivity index is 1.30. The van der Waals surface area contributed by atoms with E-state index < -0.39 is 0 Å². The first-order valence-electron chi connectivity index (χ1n) is 12.6. The van der Waals surface area contributed by atoms with Crippen LogP contribution >= 0.6 is 0 Å². The van der Waals surface area contributed by atoms with E-state index in [1.807, 2.05) is 12.4 Å². The number of hydrogen-bond donors (Lipinski definition) is 1. The molecule has 6 atom stereocenters. The van der Waals surface area contributed by atoms with Crippen molar-refractivity contribution < 1.29 is 0 Å². The van der Waals surface area contributed by atoms with E-state index in [4.69, 9.17) is 0 Å². The van der Waals surface area contributed by atoms with Crippen molar-refractivity contribution in [2.75, 3.05) is 7.05 Å². The van der Waals surface area contributed by atoms with E-state index in [9.17, 15) is 0 Å². The molecule has 162 valence electrons. The molecule has 2 saturated carbocycles. The van der Waals surface area contributed by atoms with Gasteiger partial charge in [0.2, 0.25) is 0 Å². The van der Waals surface area contributed by atoms with Crippen LogP contribution in [0.15, 0.2) is 60.0 Å². The lowest BCUT2D eigenvalue weighted by Crippen LogP contribution is -2.35. The van der Waals surface area contributed by atoms with E-state index in [2.05, 4.69) is 60.7 Å². The number of hydrogen-bond acceptors (Lipinski definition) is 2. The fourth-order valence-corrected chi connectivity index (χ4v) is 7.85. The molecular formula is C29H36N2. The largest absolute Gasteiger partial charge is 0.317 e. The van der Waals surface area contributed by atoms with Crippen molar-refractivity contribution in [3.8, 4) is 0 Å². The summed E-state index contributed by atoms with van der Waals surface area (Å²) in [5.41, 5.74) is 5.40. The maximum atomic E-state index is 4.37. The van der Waals surface area contributed by atoms with Crippen LogP contribution in [-0.4, -0.2) is 18.1 Å². The zero-order valence-corrected chi connectivity index (χ0v) is 19.1. The highest BCUT2D eigenvalue weighted by molar-refractivity contribution is 5.82. The molecule has 6 unspecified atom stereocenters. The Morgan fingerprint density at radius 3 is 2.87 bits per heavy atom. The Labute approximate surface area is 187 Å². The molecule has 0 amide bonds. The highest BCUT2D eigenvalue weighted by Crippen LogP contribution is 2.62. The molecule has 0 bridgehead atoms. The van der Waals surface area contributed by atoms with E-state index in [1.165, 1.54) is 62.1 Å². The molecule has 2 fully saturated rings. The molecule has 2 aromatic rings. The number of rotatable bonds is 2. The minimum Gasteiger partial charge on any atom is -0.317 e. The predicted molar refractivity (Wildman–Crippen MR) is 129 cm³/mol. The molecule has 1 heterocycles. The number of aromatic nitrogens is 1. The third-order valence-electron chi connectivity index (χ3n) is 9.63. The highest BCUT2D eigenvalue weighted by atomic mass is 14.9. The molecule has 31 heavy (non-hydrogen) atoms. The minimum absolute atomic E-state index is 0.394. The molecule has 1 aromatic heterocycles. The Morgan fingerprint density at radius 1 is 1.03 bits per heavy atom. The lowest BCUT2D eigenvalue weighted by molar-refractivity contribution is 0.136. The van der Waals surface area contributed by atoms with Crippen LogP contribution in [0.5, 0.6) is 0 Å². The van der Waals surface area contributed by atoms with Gasteiger partial charge >= 0.3 is 0 Å². The summed E-state index contributed by atoms with van der Waals surface area (Å²) in [7, 11) is 2.14. The number of pyridine rings is 1. The third-order valence-corrected chi connectivity index (χ3v) is 9.63. The summed E-state index contributed by atoms with van der Waals surface area (Å²) in [6, 6.07) is 10.00. The van der Waals surface area contributed by atoms with Crippen molar-refractivity contribution >= 4 is 10.8 Å². The number of allylic oxidation sites excluding steroid dienone is 4. The van der Waals surface area contributed by atoms with Gasteiger partial charge in [0.25, 0.3) is 0 Å². The zero-order valence-electron chi connectivity index (χ0n) is 19.1. The van der Waals surface area contributed by atoms with Crippen molar-refractivity contribution in [2.45, 2.75) is 70.3 Å². The van der Waals surface area contributed by atoms with Gasteiger partial charge in [0, 0.05) is 23.8 Å². The van der Waals surface area contributed by atoms with E-state index in [0.717, 1.165) is 23.8 Å². The van der Waals surface area contributed by atoms with Gasteiger partial charge in [-0.05, 0) is 116 Å². The van der Waals surface area contributed by atoms with Gasteiger partial charge in [-0.3, -0.25) is 4.98 Å². The summed E-state index contributed by atoms with van der Waals surface area (Å²) in [4.78, 5) is 4.37. The van der Waals surface area contributed by atoms with Gasteiger partial charge in [-0.2, -0.15) is 0 Å². The average molecular weight is 413 g/mol. The molecular weight excluding hydrogens is 376 g/mol. The van der Waals surface area contributed by atoms with E-state index in [0.29, 0.717) is 11.3 Å². The fourth-order valence-electron chi connectivity index (χ4n) is 7.85. The Bertz CT molecular complexity index is 1050. The quantitative estimate of drug-likeness (QED) is 0.587. The lowest BCUT2D eigenvalue weighted by atomic mass is 9.60. The second-order valence-corrected chi connectivity index (χ2v) is 11.0. The summed E-state index contributed by atoms with van der Waals surface area (Å²) in [5, 5.41) is 6.15. The van der Waals surface area contributed by atoms with Crippen molar-refractivity contribution in [3.05, 3.63) is 65.5 Å². The first kappa shape index (κ1) is 19.7. The van der Waals surface area contributed by atoms with Crippen molar-refractivity contribution in [3.63, 3.8) is 0 Å². The van der Waals surface area contributed by atoms with Gasteiger partial charge in [-0.15, -0.1) is 0 Å². The summed E-state index contributed by atoms with van der Waals surface area (Å²) in [5.74, 6) is 3.09. The lowest BCUT2D eigenvalue weighted by Gasteiger charge is -2.44. The molecule has 4 aliphatic rings. The molecule has 4 aliphatic carbocycles. The highest BCUT2D eigenvalue weighted by Gasteiger charge is 2.52. The standard InChI is InChI=1S/C29H36N2/c1-29-13-11-22-15-20-5-7-25(30-2)17-21(20)6-8-26(22)28(29)10-9-27(29)23-4-3-19-12-14-31-18-24(19)16-23/h3-4,11-12,14-16,18,21,25-28,30H,5-10,13,17H2,1-2H3. The number of fused-ring (bicyclic) bond motifs is 5. The second-order valence-electron chi connectivity index (χ2n) is 11.0. The van der Waals surface area contributed by atoms with Crippen LogP contribution in [-0.2, 0) is 0 Å². The van der Waals surface area contributed by atoms with Crippen LogP contribution in [0.3, 0.4) is 0 Å². The number of nitrogens with one attached hydrogen (secondary N) is 1. The van der Waals surface area contributed by atoms with Crippen molar-refractivity contribution in [2.24, 2.45) is 23.2 Å². The maximum Gasteiger partial charge on any atom is 0.0346 e. The Morgan fingerprint density at radius 2 is 1.97 bits per heavy atom. The van der Waals surface area contributed by atoms with Gasteiger partial charge < -0.3 is 5.32 Å². The summed E-state index contributed by atoms with van der Waals surface area (Å²) < 4.78 is 0. The summed E-state index contributed by atoms with van der Waals surface area (Å²) in [6.45, 7) is 2.61. The summed E-state index contributed by atoms with van der Waals surface area (Å²) in [6.07, 6.45) is 20.0. The monoisotopic (exact) mass is 412 g/mol. The molecule has 0 aliphatic heterocycles. The molecule has 6 rings (SSSR count). The van der Waals surface area contributed by atoms with Gasteiger partial charge in [-0.1, -0.05) is 36.8 Å². The second kappa shape index (κ2) is 7.59. The Kier molecular flexibility index (Phi) is 4.83. The molecule has 0 spiro atoms. The first-order chi connectivity index (χ1) is 15.2. The zero-order chi connectivity index (χ0) is 21.0. The third kappa shape index (κ3) is 3.21. The fraction of sp³-hybridized carbons (Fsp3) is 0.552. The van der Waals surface area contributed by atoms with Crippen molar-refractivity contribution in [1.29, 1.82) is 0 Å². The van der Waals surface area contributed by atoms with Crippen molar-refractivity contribution in [1.82, 2.24) is 10.3 Å². The van der Waals surface area contributed by atoms with Crippen LogP contribution in [0.25, 0.3) is 10.8 Å². The molecule has 1 aromatic carbocycles.